The van der Waals surface area contributed by atoms with Gasteiger partial charge in [0.25, 0.3) is 11.6 Å². The highest BCUT2D eigenvalue weighted by atomic mass is 32.2. The third kappa shape index (κ3) is 5.56. The molecule has 0 aliphatic carbocycles. The lowest BCUT2D eigenvalue weighted by Crippen LogP contribution is -2.43. The molecule has 1 amide bonds. The minimum atomic E-state index is -0.884. The summed E-state index contributed by atoms with van der Waals surface area (Å²) in [5.41, 5.74) is 0.819. The maximum Gasteiger partial charge on any atom is 0.270 e. The van der Waals surface area contributed by atoms with Crippen molar-refractivity contribution >= 4 is 23.4 Å². The summed E-state index contributed by atoms with van der Waals surface area (Å²) < 4.78 is 0. The summed E-state index contributed by atoms with van der Waals surface area (Å²) in [5, 5.41) is 25.0. The van der Waals surface area contributed by atoms with Crippen LogP contribution in [0.2, 0.25) is 0 Å². The summed E-state index contributed by atoms with van der Waals surface area (Å²) in [6.07, 6.45) is -0.884. The Labute approximate surface area is 169 Å². The van der Waals surface area contributed by atoms with Crippen LogP contribution in [0.5, 0.6) is 0 Å². The minimum absolute atomic E-state index is 0.0425. The lowest BCUT2D eigenvalue weighted by Gasteiger charge is -2.28. The highest BCUT2D eigenvalue weighted by Gasteiger charge is 2.28. The zero-order valence-corrected chi connectivity index (χ0v) is 17.3. The summed E-state index contributed by atoms with van der Waals surface area (Å²) in [6, 6.07) is 12.9. The minimum Gasteiger partial charge on any atom is -0.386 e. The van der Waals surface area contributed by atoms with Gasteiger partial charge in [-0.25, -0.2) is 0 Å². The molecule has 2 unspecified atom stereocenters. The second-order valence-corrected chi connectivity index (χ2v) is 8.82. The molecule has 2 atom stereocenters. The topological polar surface area (TPSA) is 92.5 Å². The van der Waals surface area contributed by atoms with Crippen LogP contribution in [0.1, 0.15) is 49.7 Å². The molecule has 2 aromatic rings. The van der Waals surface area contributed by atoms with Crippen molar-refractivity contribution in [1.82, 2.24) is 5.32 Å². The molecule has 0 saturated heterocycles. The Balaban J connectivity index is 2.34. The summed E-state index contributed by atoms with van der Waals surface area (Å²) in [7, 11) is 0. The Bertz CT molecular complexity index is 824. The maximum absolute atomic E-state index is 13.0. The largest absolute Gasteiger partial charge is 0.386 e. The van der Waals surface area contributed by atoms with Gasteiger partial charge >= 0.3 is 0 Å². The Hall–Kier alpha value is -2.38. The fourth-order valence-corrected chi connectivity index (χ4v) is 3.80. The number of nitro groups is 1. The zero-order chi connectivity index (χ0) is 20.8. The number of non-ortho nitro benzene ring substituents is 1. The van der Waals surface area contributed by atoms with Gasteiger partial charge in [-0.1, -0.05) is 58.0 Å². The quantitative estimate of drug-likeness (QED) is 0.383. The van der Waals surface area contributed by atoms with Crippen molar-refractivity contribution < 1.29 is 14.8 Å². The fraction of sp³-hybridized carbons (Fsp3) is 0.381. The van der Waals surface area contributed by atoms with Crippen LogP contribution in [0, 0.1) is 16.0 Å². The van der Waals surface area contributed by atoms with Crippen molar-refractivity contribution in [2.75, 3.05) is 0 Å². The van der Waals surface area contributed by atoms with E-state index in [1.54, 1.807) is 18.2 Å². The predicted molar refractivity (Wildman–Crippen MR) is 112 cm³/mol. The Morgan fingerprint density at radius 3 is 2.29 bits per heavy atom. The smallest absolute Gasteiger partial charge is 0.270 e. The number of hydrogen-bond donors (Lipinski definition) is 2. The number of benzene rings is 2. The number of carbonyl (C=O) groups is 1. The Morgan fingerprint density at radius 1 is 1.11 bits per heavy atom. The normalized spacial score (nSPS) is 13.4. The van der Waals surface area contributed by atoms with Gasteiger partial charge in [-0.3, -0.25) is 14.9 Å². The monoisotopic (exact) mass is 402 g/mol. The van der Waals surface area contributed by atoms with Gasteiger partial charge in [-0.2, -0.15) is 0 Å². The predicted octanol–water partition coefficient (Wildman–Crippen LogP) is 4.58. The van der Waals surface area contributed by atoms with Gasteiger partial charge in [0.05, 0.1) is 22.6 Å². The van der Waals surface area contributed by atoms with E-state index in [2.05, 4.69) is 5.32 Å². The van der Waals surface area contributed by atoms with Gasteiger partial charge in [0.15, 0.2) is 0 Å². The average molecular weight is 403 g/mol. The van der Waals surface area contributed by atoms with Crippen molar-refractivity contribution in [3.63, 3.8) is 0 Å². The molecule has 150 valence electrons. The molecule has 0 saturated carbocycles. The average Bonchev–Trinajstić information content (AvgIpc) is 2.65. The standard InChI is InChI=1S/C21H26N2O4S/c1-13(2)19(20(24)15-8-6-5-7-9-15)22-21(25)17-12-16(23(26)27)10-11-18(17)28-14(3)4/h5-14,19-20,24H,1-4H3,(H,22,25). The zero-order valence-electron chi connectivity index (χ0n) is 16.5. The van der Waals surface area contributed by atoms with Crippen LogP contribution in [0.15, 0.2) is 53.4 Å². The molecule has 2 rings (SSSR count). The maximum atomic E-state index is 13.0. The molecule has 28 heavy (non-hydrogen) atoms. The molecule has 0 bridgehead atoms. The van der Waals surface area contributed by atoms with Gasteiger partial charge in [-0.15, -0.1) is 11.8 Å². The highest BCUT2D eigenvalue weighted by molar-refractivity contribution is 8.00. The Morgan fingerprint density at radius 2 is 1.75 bits per heavy atom. The second-order valence-electron chi connectivity index (χ2n) is 7.20. The molecule has 0 radical (unpaired) electrons. The molecule has 0 aliphatic heterocycles. The molecule has 0 heterocycles. The van der Waals surface area contributed by atoms with Crippen molar-refractivity contribution in [3.8, 4) is 0 Å². The van der Waals surface area contributed by atoms with E-state index in [0.717, 1.165) is 0 Å². The molecule has 0 aliphatic rings. The Kier molecular flexibility index (Phi) is 7.60. The van der Waals surface area contributed by atoms with Crippen LogP contribution < -0.4 is 5.32 Å². The van der Waals surface area contributed by atoms with E-state index in [0.29, 0.717) is 10.5 Å². The number of amides is 1. The number of nitro benzene ring substituents is 1. The number of thioether (sulfide) groups is 1. The van der Waals surface area contributed by atoms with Crippen LogP contribution in [0.25, 0.3) is 0 Å². The summed E-state index contributed by atoms with van der Waals surface area (Å²) >= 11 is 1.47. The van der Waals surface area contributed by atoms with Crippen LogP contribution in [-0.4, -0.2) is 27.2 Å². The molecule has 2 aromatic carbocycles. The number of hydrogen-bond acceptors (Lipinski definition) is 5. The molecule has 0 fully saturated rings. The van der Waals surface area contributed by atoms with E-state index in [4.69, 9.17) is 0 Å². The summed E-state index contributed by atoms with van der Waals surface area (Å²) in [5.74, 6) is -0.473. The first-order valence-electron chi connectivity index (χ1n) is 9.19. The summed E-state index contributed by atoms with van der Waals surface area (Å²) in [6.45, 7) is 7.80. The first-order chi connectivity index (χ1) is 13.2. The molecular formula is C21H26N2O4S. The van der Waals surface area contributed by atoms with Crippen molar-refractivity contribution in [3.05, 3.63) is 69.8 Å². The number of nitrogens with zero attached hydrogens (tertiary/aromatic N) is 1. The lowest BCUT2D eigenvalue weighted by molar-refractivity contribution is -0.384. The second kappa shape index (κ2) is 9.71. The third-order valence-electron chi connectivity index (χ3n) is 4.28. The number of aliphatic hydroxyl groups excluding tert-OH is 1. The third-order valence-corrected chi connectivity index (χ3v) is 5.36. The van der Waals surface area contributed by atoms with E-state index in [-0.39, 0.29) is 22.4 Å². The molecule has 0 aromatic heterocycles. The van der Waals surface area contributed by atoms with Gasteiger partial charge in [-0.05, 0) is 17.5 Å². The number of carbonyl (C=O) groups excluding carboxylic acids is 1. The van der Waals surface area contributed by atoms with Crippen LogP contribution in [0.3, 0.4) is 0 Å². The SMILES string of the molecule is CC(C)Sc1ccc([N+](=O)[O-])cc1C(=O)NC(C(C)C)C(O)c1ccccc1. The molecule has 7 heteroatoms. The van der Waals surface area contributed by atoms with Gasteiger partial charge < -0.3 is 10.4 Å². The van der Waals surface area contributed by atoms with Crippen LogP contribution in [-0.2, 0) is 0 Å². The van der Waals surface area contributed by atoms with E-state index >= 15 is 0 Å². The van der Waals surface area contributed by atoms with Crippen molar-refractivity contribution in [1.29, 1.82) is 0 Å². The first kappa shape index (κ1) is 21.9. The van der Waals surface area contributed by atoms with E-state index in [9.17, 15) is 20.0 Å². The highest BCUT2D eigenvalue weighted by Crippen LogP contribution is 2.30. The molecule has 6 nitrogen and oxygen atoms in total. The van der Waals surface area contributed by atoms with Crippen LogP contribution in [0.4, 0.5) is 5.69 Å². The van der Waals surface area contributed by atoms with Gasteiger partial charge in [0, 0.05) is 22.3 Å². The van der Waals surface area contributed by atoms with Gasteiger partial charge in [0.1, 0.15) is 0 Å². The van der Waals surface area contributed by atoms with Crippen LogP contribution >= 0.6 is 11.8 Å². The molecule has 0 spiro atoms. The fourth-order valence-electron chi connectivity index (χ4n) is 2.86. The number of rotatable bonds is 8. The van der Waals surface area contributed by atoms with E-state index in [1.807, 2.05) is 45.9 Å². The van der Waals surface area contributed by atoms with Crippen molar-refractivity contribution in [2.45, 2.75) is 50.0 Å². The lowest BCUT2D eigenvalue weighted by atomic mass is 9.93. The summed E-state index contributed by atoms with van der Waals surface area (Å²) in [4.78, 5) is 24.3. The van der Waals surface area contributed by atoms with E-state index in [1.165, 1.54) is 23.9 Å². The van der Waals surface area contributed by atoms with E-state index < -0.39 is 23.0 Å². The number of nitrogens with one attached hydrogen (secondary N) is 1. The first-order valence-corrected chi connectivity index (χ1v) is 10.1. The van der Waals surface area contributed by atoms with Gasteiger partial charge in [0.2, 0.25) is 0 Å². The molecular weight excluding hydrogens is 376 g/mol. The van der Waals surface area contributed by atoms with Crippen molar-refractivity contribution in [2.24, 2.45) is 5.92 Å². The number of aliphatic hydroxyl groups is 1. The molecule has 2 N–H and O–H groups in total.